The Kier molecular flexibility index (Phi) is 6.95. The molecule has 5 rings (SSSR count). The Balaban J connectivity index is 1.83. The summed E-state index contributed by atoms with van der Waals surface area (Å²) in [5, 5.41) is 0. The summed E-state index contributed by atoms with van der Waals surface area (Å²) in [5.41, 5.74) is 12.6. The number of anilines is 2. The van der Waals surface area contributed by atoms with E-state index in [-0.39, 0.29) is 0 Å². The lowest BCUT2D eigenvalue weighted by molar-refractivity contribution is 0.721. The van der Waals surface area contributed by atoms with Crippen LogP contribution < -0.4 is 9.80 Å². The zero-order valence-electron chi connectivity index (χ0n) is 22.0. The molecule has 0 fully saturated rings. The standard InChI is InChI=1S/C34H36N2/c1-25-7-15-29(16-8-25)33-34(30-17-9-26(2)10-18-30)36(32-21-13-28(4)14-22-32)24-6-5-23-35(33)31-19-11-27(3)12-20-31/h7-22H,5-6,23-24H2,1-4H3/b34-33-. The van der Waals surface area contributed by atoms with Gasteiger partial charge < -0.3 is 9.80 Å². The minimum atomic E-state index is 0.989. The van der Waals surface area contributed by atoms with E-state index in [0.29, 0.717) is 0 Å². The second-order valence-corrected chi connectivity index (χ2v) is 10.1. The molecular weight excluding hydrogens is 436 g/mol. The first kappa shape index (κ1) is 23.9. The monoisotopic (exact) mass is 472 g/mol. The highest BCUT2D eigenvalue weighted by molar-refractivity contribution is 6.02. The van der Waals surface area contributed by atoms with Gasteiger partial charge in [0.05, 0.1) is 11.4 Å². The normalized spacial score (nSPS) is 16.6. The van der Waals surface area contributed by atoms with E-state index < -0.39 is 0 Å². The van der Waals surface area contributed by atoms with Crippen molar-refractivity contribution < 1.29 is 0 Å². The molecule has 0 amide bonds. The van der Waals surface area contributed by atoms with Crippen molar-refractivity contribution in [2.75, 3.05) is 22.9 Å². The Morgan fingerprint density at radius 3 is 0.972 bits per heavy atom. The number of aryl methyl sites for hydroxylation is 4. The van der Waals surface area contributed by atoms with Gasteiger partial charge in [-0.25, -0.2) is 0 Å². The minimum Gasteiger partial charge on any atom is -0.339 e. The lowest BCUT2D eigenvalue weighted by atomic mass is 9.97. The van der Waals surface area contributed by atoms with Gasteiger partial charge in [0.15, 0.2) is 0 Å². The van der Waals surface area contributed by atoms with Gasteiger partial charge in [0.1, 0.15) is 0 Å². The van der Waals surface area contributed by atoms with E-state index >= 15 is 0 Å². The van der Waals surface area contributed by atoms with E-state index in [1.165, 1.54) is 56.1 Å². The molecule has 0 aliphatic carbocycles. The molecule has 1 aliphatic heterocycles. The maximum atomic E-state index is 2.54. The van der Waals surface area contributed by atoms with Crippen molar-refractivity contribution in [2.45, 2.75) is 40.5 Å². The van der Waals surface area contributed by atoms with Crippen LogP contribution in [-0.2, 0) is 0 Å². The van der Waals surface area contributed by atoms with Gasteiger partial charge in [-0.3, -0.25) is 0 Å². The van der Waals surface area contributed by atoms with Gasteiger partial charge in [-0.05, 0) is 64.8 Å². The van der Waals surface area contributed by atoms with Gasteiger partial charge in [0.25, 0.3) is 0 Å². The Labute approximate surface area is 216 Å². The summed E-state index contributed by atoms with van der Waals surface area (Å²) in [6.45, 7) is 10.6. The average molecular weight is 473 g/mol. The molecule has 1 aliphatic rings. The zero-order chi connectivity index (χ0) is 25.1. The molecule has 0 N–H and O–H groups in total. The minimum absolute atomic E-state index is 0.989. The molecule has 182 valence electrons. The Morgan fingerprint density at radius 2 is 0.667 bits per heavy atom. The van der Waals surface area contributed by atoms with Crippen molar-refractivity contribution in [3.05, 3.63) is 130 Å². The second kappa shape index (κ2) is 10.5. The second-order valence-electron chi connectivity index (χ2n) is 10.1. The van der Waals surface area contributed by atoms with E-state index in [1.807, 2.05) is 0 Å². The Hall–Kier alpha value is -3.78. The number of benzene rings is 4. The third-order valence-electron chi connectivity index (χ3n) is 7.12. The fourth-order valence-electron chi connectivity index (χ4n) is 4.99. The molecule has 4 aromatic carbocycles. The van der Waals surface area contributed by atoms with Crippen LogP contribution in [0.5, 0.6) is 0 Å². The highest BCUT2D eigenvalue weighted by Crippen LogP contribution is 2.39. The number of rotatable bonds is 4. The first-order chi connectivity index (χ1) is 17.5. The first-order valence-electron chi connectivity index (χ1n) is 13.1. The smallest absolute Gasteiger partial charge is 0.0731 e. The molecule has 0 saturated heterocycles. The van der Waals surface area contributed by atoms with Gasteiger partial charge in [-0.2, -0.15) is 0 Å². The summed E-state index contributed by atoms with van der Waals surface area (Å²) < 4.78 is 0. The summed E-state index contributed by atoms with van der Waals surface area (Å²) >= 11 is 0. The fraction of sp³-hybridized carbons (Fsp3) is 0.235. The van der Waals surface area contributed by atoms with Crippen molar-refractivity contribution in [2.24, 2.45) is 0 Å². The molecule has 0 bridgehead atoms. The quantitative estimate of drug-likeness (QED) is 0.293. The van der Waals surface area contributed by atoms with Crippen LogP contribution in [0.25, 0.3) is 11.4 Å². The summed E-state index contributed by atoms with van der Waals surface area (Å²) in [7, 11) is 0. The lowest BCUT2D eigenvalue weighted by Gasteiger charge is -2.38. The number of nitrogens with zero attached hydrogens (tertiary/aromatic N) is 2. The molecule has 0 spiro atoms. The molecule has 2 heteroatoms. The summed E-state index contributed by atoms with van der Waals surface area (Å²) in [4.78, 5) is 5.08. The predicted octanol–water partition coefficient (Wildman–Crippen LogP) is 8.55. The Morgan fingerprint density at radius 1 is 0.389 bits per heavy atom. The van der Waals surface area contributed by atoms with E-state index in [4.69, 9.17) is 0 Å². The van der Waals surface area contributed by atoms with Crippen LogP contribution in [0.2, 0.25) is 0 Å². The maximum absolute atomic E-state index is 2.54. The lowest BCUT2D eigenvalue weighted by Crippen LogP contribution is -2.33. The van der Waals surface area contributed by atoms with E-state index in [0.717, 1.165) is 25.9 Å². The summed E-state index contributed by atoms with van der Waals surface area (Å²) in [6.07, 6.45) is 2.26. The summed E-state index contributed by atoms with van der Waals surface area (Å²) in [6, 6.07) is 36.1. The van der Waals surface area contributed by atoms with Crippen molar-refractivity contribution >= 4 is 22.8 Å². The molecule has 36 heavy (non-hydrogen) atoms. The van der Waals surface area contributed by atoms with Crippen LogP contribution in [0.4, 0.5) is 11.4 Å². The largest absolute Gasteiger partial charge is 0.339 e. The highest BCUT2D eigenvalue weighted by Gasteiger charge is 2.27. The van der Waals surface area contributed by atoms with Crippen LogP contribution in [0.15, 0.2) is 97.1 Å². The van der Waals surface area contributed by atoms with Crippen LogP contribution in [0.1, 0.15) is 46.2 Å². The van der Waals surface area contributed by atoms with Crippen LogP contribution in [0.3, 0.4) is 0 Å². The third kappa shape index (κ3) is 5.09. The zero-order valence-corrected chi connectivity index (χ0v) is 22.0. The average Bonchev–Trinajstić information content (AvgIpc) is 2.87. The van der Waals surface area contributed by atoms with Crippen LogP contribution in [0, 0.1) is 27.7 Å². The molecule has 0 atom stereocenters. The fourth-order valence-corrected chi connectivity index (χ4v) is 4.99. The first-order valence-corrected chi connectivity index (χ1v) is 13.1. The molecule has 1 heterocycles. The van der Waals surface area contributed by atoms with Gasteiger partial charge in [-0.15, -0.1) is 0 Å². The molecule has 0 unspecified atom stereocenters. The van der Waals surface area contributed by atoms with Gasteiger partial charge in [0, 0.05) is 35.6 Å². The Bertz CT molecular complexity index is 1220. The molecule has 0 radical (unpaired) electrons. The molecule has 4 aromatic rings. The van der Waals surface area contributed by atoms with Gasteiger partial charge in [-0.1, -0.05) is 95.1 Å². The van der Waals surface area contributed by atoms with Crippen LogP contribution >= 0.6 is 0 Å². The highest BCUT2D eigenvalue weighted by atomic mass is 15.2. The molecule has 2 nitrogen and oxygen atoms in total. The van der Waals surface area contributed by atoms with Crippen molar-refractivity contribution in [3.63, 3.8) is 0 Å². The number of hydrogen-bond donors (Lipinski definition) is 0. The predicted molar refractivity (Wildman–Crippen MR) is 155 cm³/mol. The topological polar surface area (TPSA) is 6.48 Å². The van der Waals surface area contributed by atoms with Gasteiger partial charge >= 0.3 is 0 Å². The van der Waals surface area contributed by atoms with E-state index in [2.05, 4.69) is 135 Å². The van der Waals surface area contributed by atoms with Crippen molar-refractivity contribution in [3.8, 4) is 0 Å². The molecular formula is C34H36N2. The summed E-state index contributed by atoms with van der Waals surface area (Å²) in [5.74, 6) is 0. The van der Waals surface area contributed by atoms with Crippen molar-refractivity contribution in [1.82, 2.24) is 0 Å². The van der Waals surface area contributed by atoms with Crippen LogP contribution in [-0.4, -0.2) is 13.1 Å². The molecule has 0 aromatic heterocycles. The third-order valence-corrected chi connectivity index (χ3v) is 7.12. The van der Waals surface area contributed by atoms with E-state index in [9.17, 15) is 0 Å². The van der Waals surface area contributed by atoms with Crippen molar-refractivity contribution in [1.29, 1.82) is 0 Å². The molecule has 0 saturated carbocycles. The van der Waals surface area contributed by atoms with E-state index in [1.54, 1.807) is 0 Å². The maximum Gasteiger partial charge on any atom is 0.0731 e. The van der Waals surface area contributed by atoms with Gasteiger partial charge in [0.2, 0.25) is 0 Å². The SMILES string of the molecule is Cc1ccc(/C2=C(\c3ccc(C)cc3)N(c3ccc(C)cc3)CCCCN2c2ccc(C)cc2)cc1. The number of hydrogen-bond acceptors (Lipinski definition) is 2.